The maximum Gasteiger partial charge on any atom is 0.137 e. The second-order valence-electron chi connectivity index (χ2n) is 14.2. The first-order valence-electron chi connectivity index (χ1n) is 18.8. The topological polar surface area (TPSA) is 17.4 Å². The van der Waals surface area contributed by atoms with E-state index in [0.717, 1.165) is 50.7 Å². The number of hydrogen-bond donors (Lipinski definition) is 0. The van der Waals surface area contributed by atoms with Crippen molar-refractivity contribution in [1.29, 1.82) is 0 Å². The van der Waals surface area contributed by atoms with Crippen LogP contribution in [0, 0.1) is 0 Å². The van der Waals surface area contributed by atoms with E-state index in [-0.39, 0.29) is 0 Å². The summed E-state index contributed by atoms with van der Waals surface area (Å²) in [6.07, 6.45) is 0. The van der Waals surface area contributed by atoms with Gasteiger partial charge in [0.25, 0.3) is 0 Å². The summed E-state index contributed by atoms with van der Waals surface area (Å²) in [5.41, 5.74) is 13.7. The van der Waals surface area contributed by atoms with Crippen LogP contribution in [0.15, 0.2) is 206 Å². The second kappa shape index (κ2) is 12.6. The van der Waals surface area contributed by atoms with Gasteiger partial charge in [-0.05, 0) is 106 Å². The van der Waals surface area contributed by atoms with Crippen LogP contribution in [-0.2, 0) is 0 Å². The highest BCUT2D eigenvalue weighted by atomic mass is 16.5. The van der Waals surface area contributed by atoms with Crippen molar-refractivity contribution in [2.75, 3.05) is 4.90 Å². The highest BCUT2D eigenvalue weighted by Crippen LogP contribution is 2.49. The quantitative estimate of drug-likeness (QED) is 0.172. The molecule has 9 aromatic carbocycles. The van der Waals surface area contributed by atoms with Gasteiger partial charge in [0, 0.05) is 50.5 Å². The zero-order valence-corrected chi connectivity index (χ0v) is 29.9. The van der Waals surface area contributed by atoms with Crippen LogP contribution in [0.1, 0.15) is 0 Å². The van der Waals surface area contributed by atoms with Crippen molar-refractivity contribution in [2.45, 2.75) is 0 Å². The second-order valence-corrected chi connectivity index (χ2v) is 14.2. The van der Waals surface area contributed by atoms with E-state index in [4.69, 9.17) is 4.74 Å². The number of fused-ring (bicyclic) bond motifs is 5. The van der Waals surface area contributed by atoms with E-state index in [1.54, 1.807) is 0 Å². The van der Waals surface area contributed by atoms with Gasteiger partial charge in [0.05, 0.1) is 11.0 Å². The molecule has 0 aliphatic carbocycles. The molecule has 11 rings (SSSR count). The van der Waals surface area contributed by atoms with Gasteiger partial charge in [-0.15, -0.1) is 0 Å². The lowest BCUT2D eigenvalue weighted by Crippen LogP contribution is -2.10. The molecule has 2 heterocycles. The fourth-order valence-corrected chi connectivity index (χ4v) is 8.43. The number of benzene rings is 9. The molecular weight excluding hydrogens is 669 g/mol. The minimum absolute atomic E-state index is 0.856. The van der Waals surface area contributed by atoms with Crippen LogP contribution in [-0.4, -0.2) is 4.57 Å². The van der Waals surface area contributed by atoms with Crippen molar-refractivity contribution in [2.24, 2.45) is 0 Å². The molecule has 0 N–H and O–H groups in total. The summed E-state index contributed by atoms with van der Waals surface area (Å²) in [5, 5.41) is 4.75. The van der Waals surface area contributed by atoms with Crippen LogP contribution in [0.2, 0.25) is 0 Å². The van der Waals surface area contributed by atoms with Gasteiger partial charge in [-0.3, -0.25) is 0 Å². The number of anilines is 3. The molecule has 0 fully saturated rings. The van der Waals surface area contributed by atoms with E-state index in [0.29, 0.717) is 0 Å². The molecular formula is C52H34N2O. The largest absolute Gasteiger partial charge is 0.456 e. The van der Waals surface area contributed by atoms with Crippen LogP contribution in [0.5, 0.6) is 11.5 Å². The van der Waals surface area contributed by atoms with Crippen molar-refractivity contribution >= 4 is 49.6 Å². The molecule has 1 aliphatic rings. The summed E-state index contributed by atoms with van der Waals surface area (Å²) in [7, 11) is 0. The molecule has 0 atom stereocenters. The summed E-state index contributed by atoms with van der Waals surface area (Å²) in [4.78, 5) is 2.33. The first-order chi connectivity index (χ1) is 27.3. The molecule has 0 bridgehead atoms. The van der Waals surface area contributed by atoms with E-state index in [1.807, 2.05) is 0 Å². The first kappa shape index (κ1) is 31.2. The van der Waals surface area contributed by atoms with Crippen molar-refractivity contribution < 1.29 is 4.74 Å². The molecule has 0 unspecified atom stereocenters. The van der Waals surface area contributed by atoms with Gasteiger partial charge in [-0.25, -0.2) is 0 Å². The SMILES string of the molecule is c1ccc(-c2cc(-c3ccccc3)cc(-n3c4ccccc4c4cc(N(c5ccccc5)c5ccc6c(c5)Oc5cccc7cccc-6c57)ccc43)c2)cc1. The maximum atomic E-state index is 6.65. The molecule has 0 saturated carbocycles. The number of ether oxygens (including phenoxy) is 1. The average Bonchev–Trinajstić information content (AvgIpc) is 3.58. The fraction of sp³-hybridized carbons (Fsp3) is 0. The average molecular weight is 703 g/mol. The Morgan fingerprint density at radius 1 is 0.364 bits per heavy atom. The minimum Gasteiger partial charge on any atom is -0.456 e. The smallest absolute Gasteiger partial charge is 0.137 e. The maximum absolute atomic E-state index is 6.65. The molecule has 0 radical (unpaired) electrons. The van der Waals surface area contributed by atoms with Gasteiger partial charge < -0.3 is 14.2 Å². The van der Waals surface area contributed by atoms with Gasteiger partial charge in [0.15, 0.2) is 0 Å². The molecule has 1 aliphatic heterocycles. The molecule has 55 heavy (non-hydrogen) atoms. The molecule has 3 nitrogen and oxygen atoms in total. The summed E-state index contributed by atoms with van der Waals surface area (Å²) >= 11 is 0. The zero-order valence-electron chi connectivity index (χ0n) is 29.9. The molecule has 1 aromatic heterocycles. The normalized spacial score (nSPS) is 11.8. The Balaban J connectivity index is 1.10. The monoisotopic (exact) mass is 702 g/mol. The molecule has 10 aromatic rings. The number of rotatable bonds is 6. The van der Waals surface area contributed by atoms with Crippen LogP contribution in [0.3, 0.4) is 0 Å². The summed E-state index contributed by atoms with van der Waals surface area (Å²) in [5.74, 6) is 1.75. The Hall–Kier alpha value is -7.36. The molecule has 0 spiro atoms. The molecule has 0 amide bonds. The van der Waals surface area contributed by atoms with Gasteiger partial charge in [0.2, 0.25) is 0 Å². The molecule has 258 valence electrons. The van der Waals surface area contributed by atoms with E-state index < -0.39 is 0 Å². The van der Waals surface area contributed by atoms with Crippen LogP contribution in [0.4, 0.5) is 17.1 Å². The summed E-state index contributed by atoms with van der Waals surface area (Å²) in [6, 6.07) is 73.9. The third-order valence-electron chi connectivity index (χ3n) is 10.9. The number of hydrogen-bond acceptors (Lipinski definition) is 2. The number of nitrogens with zero attached hydrogens (tertiary/aromatic N) is 2. The number of aromatic nitrogens is 1. The van der Waals surface area contributed by atoms with Crippen molar-refractivity contribution in [1.82, 2.24) is 4.57 Å². The standard InChI is InChI=1S/C52H34N2O/c1-4-14-35(15-5-1)38-30-39(36-16-6-2-7-17-36)32-43(31-38)54-48-24-11-10-22-44(48)47-33-41(27-29-49(47)54)53(40-20-8-3-9-21-40)42-26-28-45-46-23-12-18-37-19-13-25-50(52(37)46)55-51(45)34-42/h1-34H. The van der Waals surface area contributed by atoms with Crippen LogP contribution >= 0.6 is 0 Å². The van der Waals surface area contributed by atoms with Gasteiger partial charge in [0.1, 0.15) is 11.5 Å². The molecule has 3 heteroatoms. The van der Waals surface area contributed by atoms with E-state index in [9.17, 15) is 0 Å². The third-order valence-corrected chi connectivity index (χ3v) is 10.9. The molecule has 0 saturated heterocycles. The summed E-state index contributed by atoms with van der Waals surface area (Å²) < 4.78 is 9.07. The number of para-hydroxylation sites is 2. The minimum atomic E-state index is 0.856. The lowest BCUT2D eigenvalue weighted by Gasteiger charge is -2.28. The lowest BCUT2D eigenvalue weighted by atomic mass is 9.94. The Kier molecular flexibility index (Phi) is 7.17. The third kappa shape index (κ3) is 5.20. The van der Waals surface area contributed by atoms with Crippen LogP contribution < -0.4 is 9.64 Å². The first-order valence-corrected chi connectivity index (χ1v) is 18.8. The summed E-state index contributed by atoms with van der Waals surface area (Å²) in [6.45, 7) is 0. The van der Waals surface area contributed by atoms with Crippen molar-refractivity contribution in [3.8, 4) is 50.6 Å². The highest BCUT2D eigenvalue weighted by Gasteiger charge is 2.23. The Morgan fingerprint density at radius 3 is 1.73 bits per heavy atom. The predicted octanol–water partition coefficient (Wildman–Crippen LogP) is 14.5. The highest BCUT2D eigenvalue weighted by molar-refractivity contribution is 6.11. The van der Waals surface area contributed by atoms with Gasteiger partial charge >= 0.3 is 0 Å². The Morgan fingerprint density at radius 2 is 0.982 bits per heavy atom. The fourth-order valence-electron chi connectivity index (χ4n) is 8.43. The van der Waals surface area contributed by atoms with Crippen LogP contribution in [0.25, 0.3) is 71.6 Å². The van der Waals surface area contributed by atoms with E-state index in [1.165, 1.54) is 49.5 Å². The lowest BCUT2D eigenvalue weighted by molar-refractivity contribution is 0.487. The zero-order chi connectivity index (χ0) is 36.3. The van der Waals surface area contributed by atoms with Gasteiger partial charge in [-0.2, -0.15) is 0 Å². The predicted molar refractivity (Wildman–Crippen MR) is 229 cm³/mol. The Bertz CT molecular complexity index is 2990. The van der Waals surface area contributed by atoms with Gasteiger partial charge in [-0.1, -0.05) is 127 Å². The van der Waals surface area contributed by atoms with E-state index in [2.05, 4.69) is 216 Å². The van der Waals surface area contributed by atoms with E-state index >= 15 is 0 Å². The van der Waals surface area contributed by atoms with Crippen molar-refractivity contribution in [3.63, 3.8) is 0 Å². The van der Waals surface area contributed by atoms with Crippen molar-refractivity contribution in [3.05, 3.63) is 206 Å². The Labute approximate surface area is 319 Å².